The van der Waals surface area contributed by atoms with Crippen molar-refractivity contribution in [3.8, 4) is 0 Å². The van der Waals surface area contributed by atoms with E-state index in [2.05, 4.69) is 53.2 Å². The molecule has 1 rings (SSSR count). The van der Waals surface area contributed by atoms with Crippen LogP contribution in [0.25, 0.3) is 0 Å². The summed E-state index contributed by atoms with van der Waals surface area (Å²) in [6.45, 7) is 14.2. The molecule has 1 aliphatic heterocycles. The van der Waals surface area contributed by atoms with Crippen molar-refractivity contribution in [2.24, 2.45) is 4.99 Å². The van der Waals surface area contributed by atoms with Gasteiger partial charge in [-0.1, -0.05) is 26.7 Å². The normalized spacial score (nSPS) is 17.5. The molecule has 0 aromatic heterocycles. The maximum Gasteiger partial charge on any atom is 0.191 e. The second kappa shape index (κ2) is 14.9. The van der Waals surface area contributed by atoms with Crippen molar-refractivity contribution in [2.75, 3.05) is 59.4 Å². The first kappa shape index (κ1) is 25.9. The first-order chi connectivity index (χ1) is 12.0. The predicted octanol–water partition coefficient (Wildman–Crippen LogP) is 2.13. The highest BCUT2D eigenvalue weighted by atomic mass is 127. The fraction of sp³-hybridized carbons (Fsp3) is 0.947. The molecule has 0 amide bonds. The molecule has 1 heterocycles. The van der Waals surface area contributed by atoms with Crippen molar-refractivity contribution >= 4 is 29.9 Å². The highest BCUT2D eigenvalue weighted by Crippen LogP contribution is 2.19. The molecule has 26 heavy (non-hydrogen) atoms. The van der Waals surface area contributed by atoms with E-state index in [0.29, 0.717) is 6.54 Å². The molecule has 0 bridgehead atoms. The topological polar surface area (TPSA) is 63.1 Å². The van der Waals surface area contributed by atoms with Gasteiger partial charge in [0.05, 0.1) is 12.1 Å². The summed E-state index contributed by atoms with van der Waals surface area (Å²) >= 11 is 0. The zero-order valence-corrected chi connectivity index (χ0v) is 19.7. The number of rotatable bonds is 10. The fourth-order valence-electron chi connectivity index (χ4n) is 3.44. The van der Waals surface area contributed by atoms with E-state index in [1.165, 1.54) is 19.5 Å². The highest BCUT2D eigenvalue weighted by Gasteiger charge is 2.24. The van der Waals surface area contributed by atoms with Crippen LogP contribution in [0.4, 0.5) is 0 Å². The summed E-state index contributed by atoms with van der Waals surface area (Å²) in [7, 11) is 2.20. The third-order valence-corrected chi connectivity index (χ3v) is 4.84. The van der Waals surface area contributed by atoms with Gasteiger partial charge in [-0.25, -0.2) is 0 Å². The van der Waals surface area contributed by atoms with Crippen molar-refractivity contribution in [3.63, 3.8) is 0 Å². The van der Waals surface area contributed by atoms with E-state index in [1.54, 1.807) is 0 Å². The highest BCUT2D eigenvalue weighted by molar-refractivity contribution is 14.0. The molecule has 6 nitrogen and oxygen atoms in total. The van der Waals surface area contributed by atoms with Crippen LogP contribution in [0.5, 0.6) is 0 Å². The van der Waals surface area contributed by atoms with Gasteiger partial charge in [0.2, 0.25) is 0 Å². The van der Waals surface area contributed by atoms with E-state index in [9.17, 15) is 5.11 Å². The van der Waals surface area contributed by atoms with E-state index in [0.717, 1.165) is 64.4 Å². The van der Waals surface area contributed by atoms with Crippen molar-refractivity contribution in [2.45, 2.75) is 58.5 Å². The predicted molar refractivity (Wildman–Crippen MR) is 123 cm³/mol. The monoisotopic (exact) mass is 483 g/mol. The number of hydrogen-bond acceptors (Lipinski definition) is 4. The molecule has 0 aliphatic carbocycles. The number of halogens is 1. The summed E-state index contributed by atoms with van der Waals surface area (Å²) in [5, 5.41) is 17.5. The Kier molecular flexibility index (Phi) is 14.8. The number of hydrogen-bond donors (Lipinski definition) is 3. The second-order valence-corrected chi connectivity index (χ2v) is 7.34. The molecule has 1 aliphatic rings. The standard InChI is InChI=1S/C19H41N5O.HI/c1-5-9-19(25,10-6-2)17-22-18(20-7-3)21-11-14-24-13-8-12-23(4)15-16-24;/h25H,5-17H2,1-4H3,(H2,20,21,22);1H. The van der Waals surface area contributed by atoms with Gasteiger partial charge in [0.1, 0.15) is 0 Å². The Hall–Kier alpha value is -0.120. The summed E-state index contributed by atoms with van der Waals surface area (Å²) < 4.78 is 0. The minimum Gasteiger partial charge on any atom is -0.388 e. The Morgan fingerprint density at radius 2 is 1.73 bits per heavy atom. The third-order valence-electron chi connectivity index (χ3n) is 4.84. The van der Waals surface area contributed by atoms with Crippen molar-refractivity contribution in [1.82, 2.24) is 20.4 Å². The van der Waals surface area contributed by atoms with Crippen LogP contribution in [0.15, 0.2) is 4.99 Å². The largest absolute Gasteiger partial charge is 0.388 e. The molecule has 0 aromatic carbocycles. The Morgan fingerprint density at radius 3 is 2.35 bits per heavy atom. The first-order valence-electron chi connectivity index (χ1n) is 10.2. The molecule has 1 fully saturated rings. The van der Waals surface area contributed by atoms with Gasteiger partial charge in [-0.2, -0.15) is 0 Å². The number of aliphatic hydroxyl groups is 1. The summed E-state index contributed by atoms with van der Waals surface area (Å²) in [5.41, 5.74) is -0.665. The average Bonchev–Trinajstić information content (AvgIpc) is 2.78. The van der Waals surface area contributed by atoms with Gasteiger partial charge in [0.15, 0.2) is 5.96 Å². The number of aliphatic imine (C=N–C) groups is 1. The van der Waals surface area contributed by atoms with Crippen LogP contribution in [0.2, 0.25) is 0 Å². The summed E-state index contributed by atoms with van der Waals surface area (Å²) in [4.78, 5) is 9.58. The van der Waals surface area contributed by atoms with Crippen molar-refractivity contribution in [3.05, 3.63) is 0 Å². The molecular formula is C19H42IN5O. The summed E-state index contributed by atoms with van der Waals surface area (Å²) in [6.07, 6.45) is 4.83. The van der Waals surface area contributed by atoms with Crippen LogP contribution in [-0.2, 0) is 0 Å². The van der Waals surface area contributed by atoms with Crippen LogP contribution < -0.4 is 10.6 Å². The fourth-order valence-corrected chi connectivity index (χ4v) is 3.44. The number of nitrogens with one attached hydrogen (secondary N) is 2. The van der Waals surface area contributed by atoms with Gasteiger partial charge in [-0.3, -0.25) is 4.99 Å². The summed E-state index contributed by atoms with van der Waals surface area (Å²) in [6, 6.07) is 0. The Morgan fingerprint density at radius 1 is 1.04 bits per heavy atom. The van der Waals surface area contributed by atoms with Crippen LogP contribution in [-0.4, -0.2) is 85.9 Å². The lowest BCUT2D eigenvalue weighted by Crippen LogP contribution is -2.43. The maximum absolute atomic E-state index is 10.7. The number of likely N-dealkylation sites (N-methyl/N-ethyl adjacent to an activating group) is 1. The molecule has 0 spiro atoms. The molecule has 156 valence electrons. The molecule has 0 saturated carbocycles. The zero-order chi connectivity index (χ0) is 18.5. The molecule has 0 aromatic rings. The van der Waals surface area contributed by atoms with Gasteiger partial charge in [-0.15, -0.1) is 24.0 Å². The lowest BCUT2D eigenvalue weighted by Gasteiger charge is -2.26. The third kappa shape index (κ3) is 10.9. The second-order valence-electron chi connectivity index (χ2n) is 7.34. The molecular weight excluding hydrogens is 441 g/mol. The quantitative estimate of drug-likeness (QED) is 0.253. The molecule has 7 heteroatoms. The lowest BCUT2D eigenvalue weighted by atomic mass is 9.93. The molecule has 0 radical (unpaired) electrons. The van der Waals surface area contributed by atoms with Gasteiger partial charge >= 0.3 is 0 Å². The minimum absolute atomic E-state index is 0. The van der Waals surface area contributed by atoms with Crippen molar-refractivity contribution < 1.29 is 5.11 Å². The minimum atomic E-state index is -0.665. The first-order valence-corrected chi connectivity index (χ1v) is 10.2. The zero-order valence-electron chi connectivity index (χ0n) is 17.4. The van der Waals surface area contributed by atoms with Crippen LogP contribution in [0.1, 0.15) is 52.9 Å². The summed E-state index contributed by atoms with van der Waals surface area (Å²) in [5.74, 6) is 0.820. The smallest absolute Gasteiger partial charge is 0.191 e. The maximum atomic E-state index is 10.7. The molecule has 3 N–H and O–H groups in total. The Bertz CT molecular complexity index is 375. The van der Waals surface area contributed by atoms with Crippen molar-refractivity contribution in [1.29, 1.82) is 0 Å². The van der Waals surface area contributed by atoms with Gasteiger partial charge in [0, 0.05) is 32.7 Å². The lowest BCUT2D eigenvalue weighted by molar-refractivity contribution is 0.0306. The van der Waals surface area contributed by atoms with E-state index in [1.807, 2.05) is 0 Å². The van der Waals surface area contributed by atoms with E-state index in [-0.39, 0.29) is 24.0 Å². The van der Waals surface area contributed by atoms with E-state index < -0.39 is 5.60 Å². The number of nitrogens with zero attached hydrogens (tertiary/aromatic N) is 3. The molecule has 1 saturated heterocycles. The Labute approximate surface area is 178 Å². The molecule has 0 unspecified atom stereocenters. The molecule has 0 atom stereocenters. The SMILES string of the molecule is CCCC(O)(CCC)CN=C(NCC)NCCN1CCCN(C)CC1.I. The number of guanidine groups is 1. The average molecular weight is 483 g/mol. The van der Waals surface area contributed by atoms with Crippen LogP contribution in [0.3, 0.4) is 0 Å². The van der Waals surface area contributed by atoms with E-state index in [4.69, 9.17) is 0 Å². The van der Waals surface area contributed by atoms with Gasteiger partial charge in [0.25, 0.3) is 0 Å². The van der Waals surface area contributed by atoms with Gasteiger partial charge in [-0.05, 0) is 46.3 Å². The van der Waals surface area contributed by atoms with E-state index >= 15 is 0 Å². The van der Waals surface area contributed by atoms with Crippen LogP contribution in [0, 0.1) is 0 Å². The Balaban J connectivity index is 0.00000625. The van der Waals surface area contributed by atoms with Crippen LogP contribution >= 0.6 is 24.0 Å². The van der Waals surface area contributed by atoms with Gasteiger partial charge < -0.3 is 25.5 Å².